The first-order valence-corrected chi connectivity index (χ1v) is 7.61. The van der Waals surface area contributed by atoms with Crippen molar-refractivity contribution in [2.45, 2.75) is 38.6 Å². The molecule has 1 aliphatic rings. The van der Waals surface area contributed by atoms with Crippen LogP contribution in [-0.4, -0.2) is 46.1 Å². The number of thiazole rings is 1. The maximum atomic E-state index is 12.0. The van der Waals surface area contributed by atoms with Crippen molar-refractivity contribution in [2.24, 2.45) is 0 Å². The number of carbonyl (C=O) groups is 2. The van der Waals surface area contributed by atoms with Crippen molar-refractivity contribution in [2.75, 3.05) is 13.1 Å². The third-order valence-electron chi connectivity index (χ3n) is 3.33. The monoisotopic (exact) mass is 297 g/mol. The molecule has 1 saturated heterocycles. The summed E-state index contributed by atoms with van der Waals surface area (Å²) in [6.07, 6.45) is 2.38. The maximum absolute atomic E-state index is 12.0. The van der Waals surface area contributed by atoms with Crippen molar-refractivity contribution in [1.29, 1.82) is 0 Å². The number of nitrogens with zero attached hydrogens (tertiary/aromatic N) is 2. The Balaban J connectivity index is 1.77. The van der Waals surface area contributed by atoms with Crippen molar-refractivity contribution in [3.63, 3.8) is 0 Å². The molecule has 1 aliphatic heterocycles. The number of urea groups is 1. The number of aromatic nitrogens is 1. The van der Waals surface area contributed by atoms with Gasteiger partial charge < -0.3 is 15.3 Å². The van der Waals surface area contributed by atoms with Gasteiger partial charge in [0.15, 0.2) is 0 Å². The highest BCUT2D eigenvalue weighted by Crippen LogP contribution is 2.20. The van der Waals surface area contributed by atoms with E-state index in [-0.39, 0.29) is 18.5 Å². The van der Waals surface area contributed by atoms with E-state index in [9.17, 15) is 9.59 Å². The number of aryl methyl sites for hydroxylation is 1. The van der Waals surface area contributed by atoms with Crippen molar-refractivity contribution in [1.82, 2.24) is 15.2 Å². The van der Waals surface area contributed by atoms with Gasteiger partial charge in [-0.3, -0.25) is 4.79 Å². The van der Waals surface area contributed by atoms with Crippen LogP contribution >= 0.6 is 11.3 Å². The molecule has 1 unspecified atom stereocenters. The summed E-state index contributed by atoms with van der Waals surface area (Å²) in [6, 6.07) is -0.336. The first-order chi connectivity index (χ1) is 9.56. The number of hydrogen-bond acceptors (Lipinski definition) is 4. The summed E-state index contributed by atoms with van der Waals surface area (Å²) in [7, 11) is 0. The van der Waals surface area contributed by atoms with Gasteiger partial charge in [0, 0.05) is 36.6 Å². The topological polar surface area (TPSA) is 82.5 Å². The fourth-order valence-corrected chi connectivity index (χ4v) is 3.19. The number of nitrogens with one attached hydrogen (secondary N) is 1. The molecule has 0 aromatic carbocycles. The highest BCUT2D eigenvalue weighted by atomic mass is 32.1. The van der Waals surface area contributed by atoms with Crippen LogP contribution in [0.25, 0.3) is 0 Å². The molecular formula is C13H19N3O3S. The van der Waals surface area contributed by atoms with E-state index in [0.29, 0.717) is 19.5 Å². The molecule has 2 heterocycles. The van der Waals surface area contributed by atoms with Gasteiger partial charge in [0.1, 0.15) is 0 Å². The molecule has 0 saturated carbocycles. The van der Waals surface area contributed by atoms with Crippen LogP contribution in [0.15, 0.2) is 5.38 Å². The largest absolute Gasteiger partial charge is 0.481 e. The minimum absolute atomic E-state index is 0.0269. The lowest BCUT2D eigenvalue weighted by Gasteiger charge is -2.23. The zero-order chi connectivity index (χ0) is 14.5. The zero-order valence-electron chi connectivity index (χ0n) is 11.5. The van der Waals surface area contributed by atoms with E-state index in [1.54, 1.807) is 16.2 Å². The molecule has 0 aliphatic carbocycles. The average molecular weight is 297 g/mol. The molecule has 20 heavy (non-hydrogen) atoms. The Labute approximate surface area is 121 Å². The van der Waals surface area contributed by atoms with Crippen LogP contribution in [0.5, 0.6) is 0 Å². The molecule has 2 rings (SSSR count). The van der Waals surface area contributed by atoms with Crippen molar-refractivity contribution in [3.8, 4) is 0 Å². The molecule has 0 spiro atoms. The summed E-state index contributed by atoms with van der Waals surface area (Å²) in [6.45, 7) is 3.11. The number of likely N-dealkylation sites (tertiary alicyclic amines) is 1. The van der Waals surface area contributed by atoms with Crippen molar-refractivity contribution in [3.05, 3.63) is 16.1 Å². The fraction of sp³-hybridized carbons (Fsp3) is 0.615. The summed E-state index contributed by atoms with van der Waals surface area (Å²) < 4.78 is 0. The van der Waals surface area contributed by atoms with Gasteiger partial charge in [-0.25, -0.2) is 9.78 Å². The highest BCUT2D eigenvalue weighted by molar-refractivity contribution is 7.09. The van der Waals surface area contributed by atoms with Gasteiger partial charge in [0.2, 0.25) is 0 Å². The minimum Gasteiger partial charge on any atom is -0.481 e. The zero-order valence-corrected chi connectivity index (χ0v) is 12.3. The predicted molar refractivity (Wildman–Crippen MR) is 75.9 cm³/mol. The fourth-order valence-electron chi connectivity index (χ4n) is 2.41. The highest BCUT2D eigenvalue weighted by Gasteiger charge is 2.30. The van der Waals surface area contributed by atoms with Crippen LogP contribution in [0.1, 0.15) is 30.0 Å². The van der Waals surface area contributed by atoms with E-state index in [1.165, 1.54) is 0 Å². The molecule has 1 aromatic rings. The molecule has 2 N–H and O–H groups in total. The van der Waals surface area contributed by atoms with Crippen LogP contribution in [-0.2, 0) is 11.2 Å². The van der Waals surface area contributed by atoms with Crippen LogP contribution in [0, 0.1) is 6.92 Å². The molecule has 7 heteroatoms. The molecule has 1 fully saturated rings. The Morgan fingerprint density at radius 1 is 1.60 bits per heavy atom. The Kier molecular flexibility index (Phi) is 4.94. The van der Waals surface area contributed by atoms with E-state index in [2.05, 4.69) is 10.3 Å². The second kappa shape index (κ2) is 6.69. The summed E-state index contributed by atoms with van der Waals surface area (Å²) >= 11 is 1.59. The number of amides is 2. The lowest BCUT2D eigenvalue weighted by molar-refractivity contribution is -0.137. The maximum Gasteiger partial charge on any atom is 0.317 e. The molecule has 0 bridgehead atoms. The number of carboxylic acid groups (broad SMARTS) is 1. The first kappa shape index (κ1) is 14.8. The SMILES string of the molecule is Cc1csc(CCNC(=O)N2CCCC2CC(=O)O)n1. The van der Waals surface area contributed by atoms with Crippen LogP contribution in [0.3, 0.4) is 0 Å². The molecule has 110 valence electrons. The van der Waals surface area contributed by atoms with Gasteiger partial charge in [-0.15, -0.1) is 11.3 Å². The summed E-state index contributed by atoms with van der Waals surface area (Å²) in [5.41, 5.74) is 0.998. The number of carbonyl (C=O) groups excluding carboxylic acids is 1. The Morgan fingerprint density at radius 2 is 2.40 bits per heavy atom. The molecule has 1 aromatic heterocycles. The Bertz CT molecular complexity index is 489. The summed E-state index contributed by atoms with van der Waals surface area (Å²) in [5, 5.41) is 14.7. The number of aliphatic carboxylic acids is 1. The first-order valence-electron chi connectivity index (χ1n) is 6.73. The molecular weight excluding hydrogens is 278 g/mol. The summed E-state index contributed by atoms with van der Waals surface area (Å²) in [5.74, 6) is -0.854. The molecule has 1 atom stereocenters. The normalized spacial score (nSPS) is 18.2. The summed E-state index contributed by atoms with van der Waals surface area (Å²) in [4.78, 5) is 28.8. The smallest absolute Gasteiger partial charge is 0.317 e. The Hall–Kier alpha value is -1.63. The third-order valence-corrected chi connectivity index (χ3v) is 4.36. The predicted octanol–water partition coefficient (Wildman–Crippen LogP) is 1.64. The second-order valence-electron chi connectivity index (χ2n) is 4.95. The molecule has 0 radical (unpaired) electrons. The van der Waals surface area contributed by atoms with Crippen molar-refractivity contribution >= 4 is 23.3 Å². The van der Waals surface area contributed by atoms with E-state index in [0.717, 1.165) is 23.5 Å². The third kappa shape index (κ3) is 3.93. The van der Waals surface area contributed by atoms with Gasteiger partial charge in [-0.1, -0.05) is 0 Å². The Morgan fingerprint density at radius 3 is 3.05 bits per heavy atom. The molecule has 6 nitrogen and oxygen atoms in total. The van der Waals surface area contributed by atoms with Gasteiger partial charge in [0.25, 0.3) is 0 Å². The van der Waals surface area contributed by atoms with E-state index >= 15 is 0 Å². The van der Waals surface area contributed by atoms with E-state index in [1.807, 2.05) is 12.3 Å². The van der Waals surface area contributed by atoms with Gasteiger partial charge in [0.05, 0.1) is 11.4 Å². The van der Waals surface area contributed by atoms with Gasteiger partial charge in [-0.05, 0) is 19.8 Å². The lowest BCUT2D eigenvalue weighted by Crippen LogP contribution is -2.44. The van der Waals surface area contributed by atoms with Crippen LogP contribution in [0.2, 0.25) is 0 Å². The van der Waals surface area contributed by atoms with Crippen LogP contribution in [0.4, 0.5) is 4.79 Å². The molecule has 2 amide bonds. The minimum atomic E-state index is -0.854. The average Bonchev–Trinajstić information content (AvgIpc) is 2.98. The second-order valence-corrected chi connectivity index (χ2v) is 5.89. The van der Waals surface area contributed by atoms with E-state index < -0.39 is 5.97 Å². The van der Waals surface area contributed by atoms with Crippen LogP contribution < -0.4 is 5.32 Å². The standard InChI is InChI=1S/C13H19N3O3S/c1-9-8-20-11(15-9)4-5-14-13(19)16-6-2-3-10(16)7-12(17)18/h8,10H,2-7H2,1H3,(H,14,19)(H,17,18). The van der Waals surface area contributed by atoms with Gasteiger partial charge in [-0.2, -0.15) is 0 Å². The number of rotatable bonds is 5. The lowest BCUT2D eigenvalue weighted by atomic mass is 10.1. The quantitative estimate of drug-likeness (QED) is 0.865. The van der Waals surface area contributed by atoms with Gasteiger partial charge >= 0.3 is 12.0 Å². The number of carboxylic acids is 1. The number of hydrogen-bond donors (Lipinski definition) is 2. The van der Waals surface area contributed by atoms with E-state index in [4.69, 9.17) is 5.11 Å². The van der Waals surface area contributed by atoms with Crippen molar-refractivity contribution < 1.29 is 14.7 Å².